The molecule has 0 fully saturated rings. The number of nitrogens with two attached hydrogens (primary N) is 1. The van der Waals surface area contributed by atoms with Crippen molar-refractivity contribution in [3.63, 3.8) is 0 Å². The summed E-state index contributed by atoms with van der Waals surface area (Å²) in [4.78, 5) is 15.1. The highest BCUT2D eigenvalue weighted by molar-refractivity contribution is 5.76. The molecule has 1 aromatic rings. The molecule has 1 amide bonds. The minimum absolute atomic E-state index is 0.161. The molecule has 1 rings (SSSR count). The van der Waals surface area contributed by atoms with E-state index in [2.05, 4.69) is 10.3 Å². The average molecular weight is 210 g/mol. The van der Waals surface area contributed by atoms with Crippen molar-refractivity contribution in [2.75, 3.05) is 6.54 Å². The number of rotatable bonds is 6. The molecule has 0 aliphatic heterocycles. The van der Waals surface area contributed by atoms with E-state index in [0.717, 1.165) is 18.8 Å². The van der Waals surface area contributed by atoms with Crippen LogP contribution in [-0.2, 0) is 17.9 Å². The van der Waals surface area contributed by atoms with Gasteiger partial charge >= 0.3 is 0 Å². The highest BCUT2D eigenvalue weighted by Gasteiger charge is 2.09. The van der Waals surface area contributed by atoms with Gasteiger partial charge in [-0.15, -0.1) is 0 Å². The third-order valence-electron chi connectivity index (χ3n) is 2.21. The summed E-state index contributed by atoms with van der Waals surface area (Å²) in [7, 11) is 0. The van der Waals surface area contributed by atoms with E-state index >= 15 is 0 Å². The molecule has 0 aliphatic carbocycles. The van der Waals surface area contributed by atoms with Crippen LogP contribution in [0.5, 0.6) is 0 Å². The first kappa shape index (κ1) is 11.7. The van der Waals surface area contributed by atoms with Gasteiger partial charge in [0.15, 0.2) is 0 Å². The summed E-state index contributed by atoms with van der Waals surface area (Å²) in [6, 6.07) is 0. The van der Waals surface area contributed by atoms with Crippen LogP contribution in [-0.4, -0.2) is 22.0 Å². The van der Waals surface area contributed by atoms with Crippen molar-refractivity contribution in [3.8, 4) is 0 Å². The van der Waals surface area contributed by atoms with E-state index in [9.17, 15) is 4.79 Å². The van der Waals surface area contributed by atoms with Gasteiger partial charge in [0.25, 0.3) is 0 Å². The fourth-order valence-electron chi connectivity index (χ4n) is 1.26. The van der Waals surface area contributed by atoms with Gasteiger partial charge in [-0.05, 0) is 6.54 Å². The Morgan fingerprint density at radius 3 is 3.07 bits per heavy atom. The summed E-state index contributed by atoms with van der Waals surface area (Å²) >= 11 is 0. The molecule has 1 atom stereocenters. The van der Waals surface area contributed by atoms with Crippen molar-refractivity contribution >= 4 is 5.91 Å². The van der Waals surface area contributed by atoms with Crippen molar-refractivity contribution in [3.05, 3.63) is 18.2 Å². The minimum Gasteiger partial charge on any atom is -0.369 e. The zero-order valence-electron chi connectivity index (χ0n) is 9.23. The summed E-state index contributed by atoms with van der Waals surface area (Å²) in [6.45, 7) is 6.13. The molecular weight excluding hydrogens is 192 g/mol. The number of carbonyl (C=O) groups excluding carboxylic acids is 1. The molecule has 5 nitrogen and oxygen atoms in total. The first-order valence-corrected chi connectivity index (χ1v) is 5.14. The van der Waals surface area contributed by atoms with E-state index in [0.29, 0.717) is 6.54 Å². The Kier molecular flexibility index (Phi) is 4.30. The lowest BCUT2D eigenvalue weighted by atomic mass is 10.2. The number of hydrogen-bond acceptors (Lipinski definition) is 3. The lowest BCUT2D eigenvalue weighted by Gasteiger charge is -2.06. The second-order valence-electron chi connectivity index (χ2n) is 3.65. The molecule has 84 valence electrons. The molecule has 0 spiro atoms. The van der Waals surface area contributed by atoms with Gasteiger partial charge in [-0.3, -0.25) is 4.79 Å². The van der Waals surface area contributed by atoms with Crippen molar-refractivity contribution in [1.82, 2.24) is 14.9 Å². The van der Waals surface area contributed by atoms with Crippen LogP contribution in [0.2, 0.25) is 0 Å². The van der Waals surface area contributed by atoms with Crippen molar-refractivity contribution < 1.29 is 4.79 Å². The Morgan fingerprint density at radius 1 is 1.73 bits per heavy atom. The number of hydrogen-bond donors (Lipinski definition) is 2. The lowest BCUT2D eigenvalue weighted by Crippen LogP contribution is -2.24. The highest BCUT2D eigenvalue weighted by Crippen LogP contribution is 2.02. The van der Waals surface area contributed by atoms with Gasteiger partial charge in [-0.25, -0.2) is 4.98 Å². The number of amides is 1. The summed E-state index contributed by atoms with van der Waals surface area (Å²) < 4.78 is 1.89. The SMILES string of the molecule is CCNCc1cn(CC(C)C(N)=O)cn1. The molecule has 3 N–H and O–H groups in total. The minimum atomic E-state index is -0.281. The third-order valence-corrected chi connectivity index (χ3v) is 2.21. The molecule has 0 aromatic carbocycles. The maximum atomic E-state index is 10.9. The van der Waals surface area contributed by atoms with Gasteiger partial charge in [0.05, 0.1) is 17.9 Å². The van der Waals surface area contributed by atoms with Gasteiger partial charge < -0.3 is 15.6 Å². The molecule has 1 heterocycles. The van der Waals surface area contributed by atoms with Gasteiger partial charge in [0.2, 0.25) is 5.91 Å². The lowest BCUT2D eigenvalue weighted by molar-refractivity contribution is -0.121. The maximum Gasteiger partial charge on any atom is 0.222 e. The summed E-state index contributed by atoms with van der Waals surface area (Å²) in [6.07, 6.45) is 3.66. The van der Waals surface area contributed by atoms with E-state index < -0.39 is 0 Å². The van der Waals surface area contributed by atoms with E-state index in [-0.39, 0.29) is 11.8 Å². The molecular formula is C10H18N4O. The summed E-state index contributed by atoms with van der Waals surface area (Å²) in [5, 5.41) is 3.19. The largest absolute Gasteiger partial charge is 0.369 e. The van der Waals surface area contributed by atoms with Gasteiger partial charge in [-0.1, -0.05) is 13.8 Å². The predicted octanol–water partition coefficient (Wildman–Crippen LogP) is 0.114. The monoisotopic (exact) mass is 210 g/mol. The maximum absolute atomic E-state index is 10.9. The van der Waals surface area contributed by atoms with Crippen molar-refractivity contribution in [2.45, 2.75) is 26.9 Å². The third kappa shape index (κ3) is 3.71. The Bertz CT molecular complexity index is 321. The Hall–Kier alpha value is -1.36. The van der Waals surface area contributed by atoms with Crippen LogP contribution in [0.4, 0.5) is 0 Å². The van der Waals surface area contributed by atoms with E-state index in [4.69, 9.17) is 5.73 Å². The fourth-order valence-corrected chi connectivity index (χ4v) is 1.26. The number of nitrogens with zero attached hydrogens (tertiary/aromatic N) is 2. The molecule has 1 aromatic heterocycles. The van der Waals surface area contributed by atoms with Crippen LogP contribution in [0.1, 0.15) is 19.5 Å². The molecule has 0 radical (unpaired) electrons. The van der Waals surface area contributed by atoms with E-state index in [1.807, 2.05) is 24.6 Å². The number of nitrogens with one attached hydrogen (secondary N) is 1. The second kappa shape index (κ2) is 5.50. The van der Waals surface area contributed by atoms with Crippen LogP contribution >= 0.6 is 0 Å². The molecule has 0 aliphatic rings. The predicted molar refractivity (Wildman–Crippen MR) is 58.0 cm³/mol. The molecule has 15 heavy (non-hydrogen) atoms. The molecule has 5 heteroatoms. The molecule has 1 unspecified atom stereocenters. The fraction of sp³-hybridized carbons (Fsp3) is 0.600. The number of primary amides is 1. The van der Waals surface area contributed by atoms with Gasteiger partial charge in [-0.2, -0.15) is 0 Å². The summed E-state index contributed by atoms with van der Waals surface area (Å²) in [5.41, 5.74) is 6.17. The number of imidazole rings is 1. The van der Waals surface area contributed by atoms with Crippen LogP contribution in [0.3, 0.4) is 0 Å². The number of aromatic nitrogens is 2. The van der Waals surface area contributed by atoms with E-state index in [1.54, 1.807) is 6.33 Å². The second-order valence-corrected chi connectivity index (χ2v) is 3.65. The highest BCUT2D eigenvalue weighted by atomic mass is 16.1. The zero-order valence-corrected chi connectivity index (χ0v) is 9.23. The van der Waals surface area contributed by atoms with Crippen LogP contribution in [0.25, 0.3) is 0 Å². The first-order chi connectivity index (χ1) is 7.13. The van der Waals surface area contributed by atoms with Crippen LogP contribution < -0.4 is 11.1 Å². The molecule has 0 bridgehead atoms. The van der Waals surface area contributed by atoms with E-state index in [1.165, 1.54) is 0 Å². The molecule has 0 saturated carbocycles. The Balaban J connectivity index is 2.49. The quantitative estimate of drug-likeness (QED) is 0.700. The summed E-state index contributed by atoms with van der Waals surface area (Å²) in [5.74, 6) is -0.442. The standard InChI is InChI=1S/C10H18N4O/c1-3-12-4-9-6-14(7-13-9)5-8(2)10(11)15/h6-8,12H,3-5H2,1-2H3,(H2,11,15). The molecule has 0 saturated heterocycles. The Morgan fingerprint density at radius 2 is 2.47 bits per heavy atom. The van der Waals surface area contributed by atoms with Crippen molar-refractivity contribution in [2.24, 2.45) is 11.7 Å². The normalized spacial score (nSPS) is 12.7. The van der Waals surface area contributed by atoms with Crippen LogP contribution in [0, 0.1) is 5.92 Å². The van der Waals surface area contributed by atoms with Gasteiger partial charge in [0.1, 0.15) is 0 Å². The number of carbonyl (C=O) groups is 1. The average Bonchev–Trinajstić information content (AvgIpc) is 2.62. The zero-order chi connectivity index (χ0) is 11.3. The first-order valence-electron chi connectivity index (χ1n) is 5.14. The van der Waals surface area contributed by atoms with Gasteiger partial charge in [0, 0.05) is 19.3 Å². The van der Waals surface area contributed by atoms with Crippen LogP contribution in [0.15, 0.2) is 12.5 Å². The topological polar surface area (TPSA) is 72.9 Å². The smallest absolute Gasteiger partial charge is 0.222 e. The Labute approximate surface area is 89.7 Å². The van der Waals surface area contributed by atoms with Crippen molar-refractivity contribution in [1.29, 1.82) is 0 Å².